The first-order chi connectivity index (χ1) is 11.6. The Morgan fingerprint density at radius 1 is 1.38 bits per heavy atom. The monoisotopic (exact) mass is 369 g/mol. The lowest BCUT2D eigenvalue weighted by molar-refractivity contribution is 0.0236. The molecule has 2 N–H and O–H groups in total. The van der Waals surface area contributed by atoms with Crippen LogP contribution >= 0.6 is 23.2 Å². The number of nitrogens with one attached hydrogen (secondary N) is 1. The number of carboxylic acids is 1. The van der Waals surface area contributed by atoms with Crippen LogP contribution in [0.25, 0.3) is 0 Å². The first-order valence-corrected chi connectivity index (χ1v) is 8.34. The minimum Gasteiger partial charge on any atom is -0.477 e. The second kappa shape index (κ2) is 7.53. The molecule has 1 saturated heterocycles. The molecule has 2 aromatic rings. The minimum absolute atomic E-state index is 0.00254. The molecule has 1 fully saturated rings. The number of rotatable bonds is 4. The van der Waals surface area contributed by atoms with Gasteiger partial charge in [0.05, 0.1) is 22.8 Å². The fraction of sp³-hybridized carbons (Fsp3) is 0.375. The van der Waals surface area contributed by atoms with Crippen LogP contribution in [0.5, 0.6) is 0 Å². The van der Waals surface area contributed by atoms with Gasteiger partial charge in [-0.05, 0) is 23.8 Å². The molecule has 24 heavy (non-hydrogen) atoms. The summed E-state index contributed by atoms with van der Waals surface area (Å²) in [4.78, 5) is 11.3. The Morgan fingerprint density at radius 2 is 2.21 bits per heavy atom. The maximum atomic E-state index is 11.3. The number of halogens is 2. The molecule has 0 saturated carbocycles. The Labute approximate surface area is 149 Å². The van der Waals surface area contributed by atoms with Crippen molar-refractivity contribution in [2.24, 2.45) is 5.92 Å². The van der Waals surface area contributed by atoms with Crippen molar-refractivity contribution in [3.8, 4) is 0 Å². The van der Waals surface area contributed by atoms with Crippen molar-refractivity contribution < 1.29 is 14.6 Å². The average molecular weight is 370 g/mol. The van der Waals surface area contributed by atoms with Crippen molar-refractivity contribution >= 4 is 29.2 Å². The van der Waals surface area contributed by atoms with Crippen LogP contribution < -0.4 is 5.32 Å². The third kappa shape index (κ3) is 3.72. The molecule has 2 unspecified atom stereocenters. The molecular formula is C16H17Cl2N3O3. The minimum atomic E-state index is -0.999. The molecule has 1 aromatic carbocycles. The summed E-state index contributed by atoms with van der Waals surface area (Å²) in [6.07, 6.45) is 1.27. The van der Waals surface area contributed by atoms with Crippen molar-refractivity contribution in [1.82, 2.24) is 15.1 Å². The first-order valence-electron chi connectivity index (χ1n) is 7.58. The number of carbonyl (C=O) groups is 1. The Bertz CT molecular complexity index is 735. The van der Waals surface area contributed by atoms with Crippen LogP contribution in [-0.4, -0.2) is 40.6 Å². The molecule has 0 amide bonds. The van der Waals surface area contributed by atoms with Gasteiger partial charge in [0.1, 0.15) is 5.69 Å². The van der Waals surface area contributed by atoms with Gasteiger partial charge in [0.2, 0.25) is 0 Å². The van der Waals surface area contributed by atoms with E-state index in [2.05, 4.69) is 10.4 Å². The maximum Gasteiger partial charge on any atom is 0.354 e. The van der Waals surface area contributed by atoms with E-state index in [-0.39, 0.29) is 17.7 Å². The number of aromatic carboxylic acids is 1. The Balaban J connectivity index is 1.88. The molecule has 0 aliphatic carbocycles. The molecule has 2 atom stereocenters. The van der Waals surface area contributed by atoms with E-state index in [4.69, 9.17) is 27.9 Å². The van der Waals surface area contributed by atoms with E-state index in [0.29, 0.717) is 29.7 Å². The summed E-state index contributed by atoms with van der Waals surface area (Å²) in [6.45, 7) is 2.40. The molecule has 1 aromatic heterocycles. The number of carboxylic acid groups (broad SMARTS) is 1. The molecule has 1 aliphatic rings. The maximum absolute atomic E-state index is 11.3. The van der Waals surface area contributed by atoms with Gasteiger partial charge in [0.25, 0.3) is 0 Å². The van der Waals surface area contributed by atoms with Gasteiger partial charge in [0, 0.05) is 31.7 Å². The van der Waals surface area contributed by atoms with E-state index in [1.807, 2.05) is 6.07 Å². The van der Waals surface area contributed by atoms with Gasteiger partial charge in [0.15, 0.2) is 0 Å². The van der Waals surface area contributed by atoms with E-state index in [1.165, 1.54) is 16.9 Å². The molecule has 3 rings (SSSR count). The number of nitrogens with zero attached hydrogens (tertiary/aromatic N) is 2. The summed E-state index contributed by atoms with van der Waals surface area (Å²) in [5.41, 5.74) is 1.08. The number of benzene rings is 1. The summed E-state index contributed by atoms with van der Waals surface area (Å²) in [5, 5.41) is 17.6. The van der Waals surface area contributed by atoms with Crippen molar-refractivity contribution in [2.75, 3.05) is 19.7 Å². The third-order valence-corrected chi connectivity index (χ3v) is 4.77. The zero-order chi connectivity index (χ0) is 17.1. The van der Waals surface area contributed by atoms with Crippen molar-refractivity contribution in [2.45, 2.75) is 12.6 Å². The van der Waals surface area contributed by atoms with Gasteiger partial charge in [-0.2, -0.15) is 5.10 Å². The average Bonchev–Trinajstić information content (AvgIpc) is 2.89. The molecule has 8 heteroatoms. The van der Waals surface area contributed by atoms with Crippen LogP contribution in [-0.2, 0) is 11.3 Å². The van der Waals surface area contributed by atoms with Crippen molar-refractivity contribution in [3.05, 3.63) is 51.8 Å². The van der Waals surface area contributed by atoms with E-state index < -0.39 is 5.97 Å². The molecule has 128 valence electrons. The standard InChI is InChI=1S/C16H17Cl2N3O3/c17-12-2-1-10(7-13(12)18)15-11(8-19-5-6-24-15)9-21-14(16(22)23)3-4-20-21/h1-4,7,11,15,19H,5-6,8-9H2,(H,22,23). The lowest BCUT2D eigenvalue weighted by Crippen LogP contribution is -2.29. The van der Waals surface area contributed by atoms with E-state index in [0.717, 1.165) is 12.1 Å². The van der Waals surface area contributed by atoms with Gasteiger partial charge in [-0.25, -0.2) is 4.79 Å². The highest BCUT2D eigenvalue weighted by Gasteiger charge is 2.28. The smallest absolute Gasteiger partial charge is 0.354 e. The second-order valence-electron chi connectivity index (χ2n) is 5.63. The highest BCUT2D eigenvalue weighted by molar-refractivity contribution is 6.42. The Kier molecular flexibility index (Phi) is 5.40. The van der Waals surface area contributed by atoms with Crippen LogP contribution in [0, 0.1) is 5.92 Å². The Morgan fingerprint density at radius 3 is 2.96 bits per heavy atom. The van der Waals surface area contributed by atoms with Crippen LogP contribution in [0.15, 0.2) is 30.5 Å². The van der Waals surface area contributed by atoms with Crippen LogP contribution in [0.3, 0.4) is 0 Å². The summed E-state index contributed by atoms with van der Waals surface area (Å²) >= 11 is 12.1. The largest absolute Gasteiger partial charge is 0.477 e. The van der Waals surface area contributed by atoms with Gasteiger partial charge < -0.3 is 15.2 Å². The fourth-order valence-corrected chi connectivity index (χ4v) is 3.20. The zero-order valence-electron chi connectivity index (χ0n) is 12.8. The van der Waals surface area contributed by atoms with E-state index in [1.54, 1.807) is 12.1 Å². The van der Waals surface area contributed by atoms with Crippen molar-refractivity contribution in [1.29, 1.82) is 0 Å². The molecule has 1 aliphatic heterocycles. The lowest BCUT2D eigenvalue weighted by atomic mass is 9.95. The van der Waals surface area contributed by atoms with Crippen LogP contribution in [0.4, 0.5) is 0 Å². The number of aromatic nitrogens is 2. The topological polar surface area (TPSA) is 76.4 Å². The fourth-order valence-electron chi connectivity index (χ4n) is 2.89. The highest BCUT2D eigenvalue weighted by Crippen LogP contribution is 2.32. The number of ether oxygens (including phenoxy) is 1. The summed E-state index contributed by atoms with van der Waals surface area (Å²) in [6, 6.07) is 6.92. The number of hydrogen-bond donors (Lipinski definition) is 2. The molecular weight excluding hydrogens is 353 g/mol. The zero-order valence-corrected chi connectivity index (χ0v) is 14.3. The summed E-state index contributed by atoms with van der Waals surface area (Å²) in [7, 11) is 0. The van der Waals surface area contributed by atoms with Gasteiger partial charge in [-0.15, -0.1) is 0 Å². The summed E-state index contributed by atoms with van der Waals surface area (Å²) < 4.78 is 7.49. The van der Waals surface area contributed by atoms with Crippen LogP contribution in [0.2, 0.25) is 10.0 Å². The SMILES string of the molecule is O=C(O)c1ccnn1CC1CNCCOC1c1ccc(Cl)c(Cl)c1. The molecule has 0 radical (unpaired) electrons. The summed E-state index contributed by atoms with van der Waals surface area (Å²) in [5.74, 6) is -0.996. The predicted molar refractivity (Wildman–Crippen MR) is 90.7 cm³/mol. The van der Waals surface area contributed by atoms with Crippen molar-refractivity contribution in [3.63, 3.8) is 0 Å². The number of hydrogen-bond acceptors (Lipinski definition) is 4. The van der Waals surface area contributed by atoms with Crippen LogP contribution in [0.1, 0.15) is 22.2 Å². The predicted octanol–water partition coefficient (Wildman–Crippen LogP) is 2.87. The quantitative estimate of drug-likeness (QED) is 0.866. The third-order valence-electron chi connectivity index (χ3n) is 4.03. The molecule has 6 nitrogen and oxygen atoms in total. The van der Waals surface area contributed by atoms with E-state index in [9.17, 15) is 9.90 Å². The molecule has 0 spiro atoms. The Hall–Kier alpha value is -1.60. The highest BCUT2D eigenvalue weighted by atomic mass is 35.5. The van der Waals surface area contributed by atoms with Gasteiger partial charge in [-0.1, -0.05) is 29.3 Å². The van der Waals surface area contributed by atoms with Gasteiger partial charge in [-0.3, -0.25) is 4.68 Å². The normalized spacial score (nSPS) is 21.4. The molecule has 2 heterocycles. The van der Waals surface area contributed by atoms with E-state index >= 15 is 0 Å². The second-order valence-corrected chi connectivity index (χ2v) is 6.45. The lowest BCUT2D eigenvalue weighted by Gasteiger charge is -2.25. The first kappa shape index (κ1) is 17.2. The van der Waals surface area contributed by atoms with Gasteiger partial charge >= 0.3 is 5.97 Å². The molecule has 0 bridgehead atoms.